The monoisotopic (exact) mass is 222 g/mol. The summed E-state index contributed by atoms with van der Waals surface area (Å²) in [4.78, 5) is 11.2. The molecule has 4 rings (SSSR count). The molecule has 0 aromatic heterocycles. The average Bonchev–Trinajstić information content (AvgIpc) is 2.91. The highest BCUT2D eigenvalue weighted by Gasteiger charge is 2.65. The Morgan fingerprint density at radius 2 is 1.56 bits per heavy atom. The minimum Gasteiger partial charge on any atom is -0.481 e. The van der Waals surface area contributed by atoms with Crippen molar-refractivity contribution < 1.29 is 15.0 Å². The number of carboxylic acid groups (broad SMARTS) is 1. The Hall–Kier alpha value is -0.570. The first kappa shape index (κ1) is 9.46. The van der Waals surface area contributed by atoms with Gasteiger partial charge in [-0.3, -0.25) is 4.79 Å². The molecule has 0 aliphatic heterocycles. The van der Waals surface area contributed by atoms with E-state index >= 15 is 0 Å². The van der Waals surface area contributed by atoms with Crippen molar-refractivity contribution in [1.82, 2.24) is 0 Å². The fraction of sp³-hybridized carbons (Fsp3) is 0.923. The molecule has 3 nitrogen and oxygen atoms in total. The van der Waals surface area contributed by atoms with Crippen LogP contribution in [0.3, 0.4) is 0 Å². The van der Waals surface area contributed by atoms with E-state index in [0.717, 1.165) is 19.3 Å². The van der Waals surface area contributed by atoms with Gasteiger partial charge in [0.05, 0.1) is 12.0 Å². The van der Waals surface area contributed by atoms with Crippen LogP contribution in [0.25, 0.3) is 0 Å². The Morgan fingerprint density at radius 3 is 2.31 bits per heavy atom. The number of aliphatic carboxylic acids is 1. The minimum absolute atomic E-state index is 0.0669. The molecule has 0 amide bonds. The Balaban J connectivity index is 1.67. The number of carbonyl (C=O) groups is 1. The molecule has 88 valence electrons. The molecule has 0 spiro atoms. The van der Waals surface area contributed by atoms with Gasteiger partial charge in [-0.25, -0.2) is 0 Å². The lowest BCUT2D eigenvalue weighted by Gasteiger charge is -2.39. The number of fused-ring (bicyclic) bond motifs is 9. The summed E-state index contributed by atoms with van der Waals surface area (Å²) in [7, 11) is 0. The Labute approximate surface area is 94.8 Å². The maximum absolute atomic E-state index is 11.2. The fourth-order valence-corrected chi connectivity index (χ4v) is 5.85. The smallest absolute Gasteiger partial charge is 0.306 e. The molecule has 4 bridgehead atoms. The number of hydrogen-bond donors (Lipinski definition) is 2. The molecule has 0 heterocycles. The van der Waals surface area contributed by atoms with Crippen molar-refractivity contribution in [2.45, 2.75) is 31.8 Å². The van der Waals surface area contributed by atoms with Crippen LogP contribution in [-0.2, 0) is 4.79 Å². The van der Waals surface area contributed by atoms with Gasteiger partial charge in [0, 0.05) is 0 Å². The van der Waals surface area contributed by atoms with E-state index in [1.54, 1.807) is 0 Å². The van der Waals surface area contributed by atoms with Crippen LogP contribution >= 0.6 is 0 Å². The largest absolute Gasteiger partial charge is 0.481 e. The molecule has 4 aliphatic rings. The molecular formula is C13H18O3. The van der Waals surface area contributed by atoms with Gasteiger partial charge in [-0.15, -0.1) is 0 Å². The second-order valence-electron chi connectivity index (χ2n) is 6.46. The van der Waals surface area contributed by atoms with Gasteiger partial charge in [-0.1, -0.05) is 0 Å². The van der Waals surface area contributed by atoms with Crippen LogP contribution < -0.4 is 0 Å². The van der Waals surface area contributed by atoms with Crippen LogP contribution in [0.15, 0.2) is 0 Å². The van der Waals surface area contributed by atoms with E-state index < -0.39 is 5.97 Å². The first-order valence-corrected chi connectivity index (χ1v) is 6.57. The van der Waals surface area contributed by atoms with Gasteiger partial charge < -0.3 is 10.2 Å². The minimum atomic E-state index is -0.575. The van der Waals surface area contributed by atoms with Crippen LogP contribution in [0.1, 0.15) is 25.7 Å². The lowest BCUT2D eigenvalue weighted by atomic mass is 9.67. The molecule has 16 heavy (non-hydrogen) atoms. The zero-order valence-corrected chi connectivity index (χ0v) is 9.25. The van der Waals surface area contributed by atoms with E-state index in [-0.39, 0.29) is 12.0 Å². The average molecular weight is 222 g/mol. The molecule has 2 N–H and O–H groups in total. The first-order valence-electron chi connectivity index (χ1n) is 6.57. The summed E-state index contributed by atoms with van der Waals surface area (Å²) < 4.78 is 0. The summed E-state index contributed by atoms with van der Waals surface area (Å²) >= 11 is 0. The standard InChI is InChI=1S/C13H18O3/c14-10-4-6-3-9(10)12-5-1-7(11(6)12)8(2-5)13(15)16/h5-12,14H,1-4H2,(H,15,16)/t5?,6-,7+,8?,9+,10?,11?,12?/m1/s1. The van der Waals surface area contributed by atoms with Crippen molar-refractivity contribution in [3.05, 3.63) is 0 Å². The SMILES string of the molecule is O=C(O)C1CC2C[C@@H]1C1C2[C@H]2C[C@@H]1CC2O. The van der Waals surface area contributed by atoms with E-state index in [9.17, 15) is 15.0 Å². The van der Waals surface area contributed by atoms with Gasteiger partial charge in [0.2, 0.25) is 0 Å². The maximum Gasteiger partial charge on any atom is 0.306 e. The van der Waals surface area contributed by atoms with E-state index in [0.29, 0.717) is 35.5 Å². The summed E-state index contributed by atoms with van der Waals surface area (Å²) in [6.45, 7) is 0. The molecule has 0 aromatic rings. The van der Waals surface area contributed by atoms with Crippen molar-refractivity contribution in [2.75, 3.05) is 0 Å². The van der Waals surface area contributed by atoms with E-state index in [2.05, 4.69) is 0 Å². The summed E-state index contributed by atoms with van der Waals surface area (Å²) in [5, 5.41) is 19.2. The van der Waals surface area contributed by atoms with E-state index in [1.165, 1.54) is 6.42 Å². The zero-order chi connectivity index (χ0) is 11.0. The Bertz CT molecular complexity index is 353. The summed E-state index contributed by atoms with van der Waals surface area (Å²) in [6, 6.07) is 0. The fourth-order valence-electron chi connectivity index (χ4n) is 5.85. The number of aliphatic hydroxyl groups excluding tert-OH is 1. The molecule has 0 aromatic carbocycles. The molecule has 0 saturated heterocycles. The molecule has 3 heteroatoms. The predicted molar refractivity (Wildman–Crippen MR) is 56.5 cm³/mol. The zero-order valence-electron chi connectivity index (χ0n) is 9.25. The Kier molecular flexibility index (Phi) is 1.66. The van der Waals surface area contributed by atoms with Gasteiger partial charge in [0.25, 0.3) is 0 Å². The molecular weight excluding hydrogens is 204 g/mol. The predicted octanol–water partition coefficient (Wildman–Crippen LogP) is 1.36. The molecule has 4 fully saturated rings. The maximum atomic E-state index is 11.2. The van der Waals surface area contributed by atoms with Crippen molar-refractivity contribution in [3.8, 4) is 0 Å². The molecule has 0 radical (unpaired) electrons. The highest BCUT2D eigenvalue weighted by atomic mass is 16.4. The van der Waals surface area contributed by atoms with E-state index in [4.69, 9.17) is 0 Å². The van der Waals surface area contributed by atoms with Gasteiger partial charge in [-0.2, -0.15) is 0 Å². The van der Waals surface area contributed by atoms with Crippen molar-refractivity contribution >= 4 is 5.97 Å². The van der Waals surface area contributed by atoms with Crippen molar-refractivity contribution in [2.24, 2.45) is 41.4 Å². The molecule has 4 saturated carbocycles. The third-order valence-corrected chi connectivity index (χ3v) is 6.10. The summed E-state index contributed by atoms with van der Waals surface area (Å²) in [5.74, 6) is 2.89. The molecule has 8 atom stereocenters. The Morgan fingerprint density at radius 1 is 0.938 bits per heavy atom. The lowest BCUT2D eigenvalue weighted by Crippen LogP contribution is -2.39. The highest BCUT2D eigenvalue weighted by Crippen LogP contribution is 2.68. The van der Waals surface area contributed by atoms with Crippen LogP contribution in [-0.4, -0.2) is 22.3 Å². The van der Waals surface area contributed by atoms with Crippen LogP contribution in [0, 0.1) is 41.4 Å². The number of hydrogen-bond acceptors (Lipinski definition) is 2. The topological polar surface area (TPSA) is 57.5 Å². The highest BCUT2D eigenvalue weighted by molar-refractivity contribution is 5.71. The van der Waals surface area contributed by atoms with Crippen LogP contribution in [0.5, 0.6) is 0 Å². The molecule has 4 aliphatic carbocycles. The second kappa shape index (κ2) is 2.81. The van der Waals surface area contributed by atoms with Gasteiger partial charge in [-0.05, 0) is 61.2 Å². The van der Waals surface area contributed by atoms with E-state index in [1.807, 2.05) is 0 Å². The first-order chi connectivity index (χ1) is 7.66. The van der Waals surface area contributed by atoms with Crippen LogP contribution in [0.4, 0.5) is 0 Å². The van der Waals surface area contributed by atoms with Gasteiger partial charge in [0.15, 0.2) is 0 Å². The second-order valence-corrected chi connectivity index (χ2v) is 6.46. The third-order valence-electron chi connectivity index (χ3n) is 6.10. The number of carboxylic acids is 1. The van der Waals surface area contributed by atoms with Crippen molar-refractivity contribution in [3.63, 3.8) is 0 Å². The van der Waals surface area contributed by atoms with Gasteiger partial charge in [0.1, 0.15) is 0 Å². The summed E-state index contributed by atoms with van der Waals surface area (Å²) in [6.07, 6.45) is 4.06. The summed E-state index contributed by atoms with van der Waals surface area (Å²) in [5.41, 5.74) is 0. The third kappa shape index (κ3) is 0.922. The normalized spacial score (nSPS) is 61.6. The van der Waals surface area contributed by atoms with Gasteiger partial charge >= 0.3 is 5.97 Å². The number of aliphatic hydroxyl groups is 1. The number of rotatable bonds is 1. The lowest BCUT2D eigenvalue weighted by molar-refractivity contribution is -0.145. The van der Waals surface area contributed by atoms with Crippen LogP contribution in [0.2, 0.25) is 0 Å². The van der Waals surface area contributed by atoms with Crippen molar-refractivity contribution in [1.29, 1.82) is 0 Å². The molecule has 5 unspecified atom stereocenters. The quantitative estimate of drug-likeness (QED) is 0.659.